The Morgan fingerprint density at radius 3 is 2.14 bits per heavy atom. The summed E-state index contributed by atoms with van der Waals surface area (Å²) in [6.45, 7) is 16.8. The second-order valence-electron chi connectivity index (χ2n) is 5.05. The van der Waals surface area contributed by atoms with Crippen molar-refractivity contribution < 1.29 is 4.39 Å². The third-order valence-electron chi connectivity index (χ3n) is 3.14. The Kier molecular flexibility index (Phi) is 28.6. The molecule has 0 bridgehead atoms. The highest BCUT2D eigenvalue weighted by Crippen LogP contribution is 2.15. The van der Waals surface area contributed by atoms with E-state index in [0.717, 1.165) is 24.2 Å². The molecule has 0 saturated heterocycles. The minimum Gasteiger partial charge on any atom is -0.319 e. The number of nitrogens with zero attached hydrogens (tertiary/aromatic N) is 2. The second kappa shape index (κ2) is 26.1. The lowest BCUT2D eigenvalue weighted by Crippen LogP contribution is -2.20. The molecule has 0 radical (unpaired) electrons. The maximum atomic E-state index is 13.0. The summed E-state index contributed by atoms with van der Waals surface area (Å²) in [7, 11) is 1.93. The van der Waals surface area contributed by atoms with Crippen LogP contribution in [-0.2, 0) is 6.54 Å². The molecule has 1 N–H and O–H groups in total. The van der Waals surface area contributed by atoms with Gasteiger partial charge in [-0.2, -0.15) is 5.10 Å². The van der Waals surface area contributed by atoms with Gasteiger partial charge in [-0.25, -0.2) is 4.39 Å². The van der Waals surface area contributed by atoms with Crippen molar-refractivity contribution in [3.05, 3.63) is 72.2 Å². The highest BCUT2D eigenvalue weighted by molar-refractivity contribution is 6.18. The summed E-state index contributed by atoms with van der Waals surface area (Å²) in [5.41, 5.74) is 2.16. The SMILES string of the molecule is C/C=C/C=N/N(Cc1ccc(F)cc1)/C(=C/C)CCNC.C=CCCl.CC.CC. The van der Waals surface area contributed by atoms with Gasteiger partial charge in [0.05, 0.1) is 6.54 Å². The molecule has 166 valence electrons. The van der Waals surface area contributed by atoms with Gasteiger partial charge in [0.25, 0.3) is 0 Å². The molecule has 1 aromatic rings. The Morgan fingerprint density at radius 2 is 1.72 bits per heavy atom. The van der Waals surface area contributed by atoms with Crippen molar-refractivity contribution in [1.82, 2.24) is 10.3 Å². The molecular formula is C24H41ClFN3. The van der Waals surface area contributed by atoms with Gasteiger partial charge in [-0.15, -0.1) is 18.2 Å². The first-order valence-corrected chi connectivity index (χ1v) is 10.8. The second-order valence-corrected chi connectivity index (χ2v) is 5.36. The zero-order valence-electron chi connectivity index (χ0n) is 19.4. The fraction of sp³-hybridized carbons (Fsp3) is 0.458. The van der Waals surface area contributed by atoms with Crippen molar-refractivity contribution in [2.24, 2.45) is 5.10 Å². The number of rotatable bonds is 9. The van der Waals surface area contributed by atoms with Crippen LogP contribution in [0, 0.1) is 5.82 Å². The van der Waals surface area contributed by atoms with Gasteiger partial charge in [-0.05, 0) is 44.7 Å². The van der Waals surface area contributed by atoms with E-state index in [2.05, 4.69) is 23.1 Å². The Hall–Kier alpha value is -1.91. The van der Waals surface area contributed by atoms with E-state index in [0.29, 0.717) is 12.4 Å². The zero-order chi connectivity index (χ0) is 22.9. The van der Waals surface area contributed by atoms with Crippen LogP contribution in [0.1, 0.15) is 53.5 Å². The quantitative estimate of drug-likeness (QED) is 0.196. The molecule has 0 unspecified atom stereocenters. The zero-order valence-corrected chi connectivity index (χ0v) is 20.1. The first kappa shape index (κ1) is 31.8. The van der Waals surface area contributed by atoms with Crippen molar-refractivity contribution >= 4 is 17.8 Å². The van der Waals surface area contributed by atoms with Gasteiger partial charge in [0.2, 0.25) is 0 Å². The van der Waals surface area contributed by atoms with Crippen LogP contribution in [0.25, 0.3) is 0 Å². The van der Waals surface area contributed by atoms with E-state index >= 15 is 0 Å². The van der Waals surface area contributed by atoms with Crippen molar-refractivity contribution in [2.75, 3.05) is 19.5 Å². The third-order valence-corrected chi connectivity index (χ3v) is 3.35. The number of hydrogen-bond acceptors (Lipinski definition) is 3. The molecule has 3 nitrogen and oxygen atoms in total. The van der Waals surface area contributed by atoms with Gasteiger partial charge in [0.15, 0.2) is 0 Å². The van der Waals surface area contributed by atoms with Crippen molar-refractivity contribution in [2.45, 2.75) is 54.5 Å². The first-order chi connectivity index (χ1) is 14.1. The largest absolute Gasteiger partial charge is 0.319 e. The monoisotopic (exact) mass is 425 g/mol. The highest BCUT2D eigenvalue weighted by Gasteiger charge is 2.08. The summed E-state index contributed by atoms with van der Waals surface area (Å²) < 4.78 is 13.0. The average molecular weight is 426 g/mol. The average Bonchev–Trinajstić information content (AvgIpc) is 2.78. The molecule has 0 saturated carbocycles. The fourth-order valence-electron chi connectivity index (χ4n) is 1.86. The number of hydrogen-bond donors (Lipinski definition) is 1. The molecule has 5 heteroatoms. The number of halogens is 2. The molecule has 0 amide bonds. The standard InChI is InChI=1S/C17H24FN3.C3H5Cl.2C2H6/c1-4-6-12-20-21(17(5-2)11-13-19-3)14-15-7-9-16(18)10-8-15;1-2-3-4;2*1-2/h4-10,12,19H,11,13-14H2,1-3H3;2H,1,3H2;2*1-2H3/b6-4+,17-5+,20-12+;;;. The van der Waals surface area contributed by atoms with Gasteiger partial charge >= 0.3 is 0 Å². The molecular weight excluding hydrogens is 385 g/mol. The lowest BCUT2D eigenvalue weighted by atomic mass is 10.2. The van der Waals surface area contributed by atoms with E-state index in [1.165, 1.54) is 12.1 Å². The van der Waals surface area contributed by atoms with E-state index in [-0.39, 0.29) is 5.82 Å². The van der Waals surface area contributed by atoms with E-state index in [4.69, 9.17) is 11.6 Å². The molecule has 0 spiro atoms. The van der Waals surface area contributed by atoms with E-state index in [1.54, 1.807) is 24.4 Å². The van der Waals surface area contributed by atoms with Crippen LogP contribution in [-0.4, -0.2) is 30.7 Å². The van der Waals surface area contributed by atoms with E-state index < -0.39 is 0 Å². The van der Waals surface area contributed by atoms with Crippen LogP contribution >= 0.6 is 11.6 Å². The Bertz CT molecular complexity index is 552. The smallest absolute Gasteiger partial charge is 0.123 e. The Balaban J connectivity index is -0.000000733. The number of nitrogens with one attached hydrogen (secondary N) is 1. The topological polar surface area (TPSA) is 27.6 Å². The predicted octanol–water partition coefficient (Wildman–Crippen LogP) is 7.17. The summed E-state index contributed by atoms with van der Waals surface area (Å²) in [5, 5.41) is 9.58. The molecule has 1 rings (SSSR count). The maximum absolute atomic E-state index is 13.0. The fourth-order valence-corrected chi connectivity index (χ4v) is 1.86. The summed E-state index contributed by atoms with van der Waals surface area (Å²) in [5.74, 6) is 0.337. The lowest BCUT2D eigenvalue weighted by molar-refractivity contribution is 0.343. The van der Waals surface area contributed by atoms with Crippen LogP contribution < -0.4 is 5.32 Å². The van der Waals surface area contributed by atoms with Gasteiger partial charge in [-0.3, -0.25) is 5.01 Å². The lowest BCUT2D eigenvalue weighted by Gasteiger charge is -2.22. The number of alkyl halides is 1. The molecule has 0 aliphatic rings. The predicted molar refractivity (Wildman–Crippen MR) is 131 cm³/mol. The Labute approximate surface area is 184 Å². The van der Waals surface area contributed by atoms with Crippen LogP contribution in [0.2, 0.25) is 0 Å². The molecule has 0 atom stereocenters. The molecule has 0 aromatic heterocycles. The van der Waals surface area contributed by atoms with Crippen LogP contribution in [0.4, 0.5) is 4.39 Å². The number of hydrazone groups is 1. The van der Waals surface area contributed by atoms with E-state index in [9.17, 15) is 4.39 Å². The van der Waals surface area contributed by atoms with Crippen molar-refractivity contribution in [3.63, 3.8) is 0 Å². The van der Waals surface area contributed by atoms with Crippen LogP contribution in [0.15, 0.2) is 65.9 Å². The summed E-state index contributed by atoms with van der Waals surface area (Å²) in [4.78, 5) is 0. The molecule has 0 aliphatic heterocycles. The van der Waals surface area contributed by atoms with Gasteiger partial charge in [0.1, 0.15) is 5.82 Å². The van der Waals surface area contributed by atoms with Gasteiger partial charge in [0, 0.05) is 30.8 Å². The normalized spacial score (nSPS) is 10.3. The number of allylic oxidation sites excluding steroid dienone is 4. The molecule has 0 heterocycles. The highest BCUT2D eigenvalue weighted by atomic mass is 35.5. The minimum atomic E-state index is -0.218. The minimum absolute atomic E-state index is 0.218. The Morgan fingerprint density at radius 1 is 1.17 bits per heavy atom. The summed E-state index contributed by atoms with van der Waals surface area (Å²) >= 11 is 5.07. The van der Waals surface area contributed by atoms with Crippen LogP contribution in [0.3, 0.4) is 0 Å². The van der Waals surface area contributed by atoms with E-state index in [1.807, 2.05) is 65.8 Å². The van der Waals surface area contributed by atoms with Crippen molar-refractivity contribution in [3.8, 4) is 0 Å². The van der Waals surface area contributed by atoms with Gasteiger partial charge in [-0.1, -0.05) is 58.1 Å². The van der Waals surface area contributed by atoms with Crippen molar-refractivity contribution in [1.29, 1.82) is 0 Å². The molecule has 1 aromatic carbocycles. The number of benzene rings is 1. The van der Waals surface area contributed by atoms with Gasteiger partial charge < -0.3 is 5.32 Å². The van der Waals surface area contributed by atoms with Crippen LogP contribution in [0.5, 0.6) is 0 Å². The third kappa shape index (κ3) is 19.2. The first-order valence-electron chi connectivity index (χ1n) is 10.3. The molecule has 0 aliphatic carbocycles. The molecule has 0 fully saturated rings. The molecule has 29 heavy (non-hydrogen) atoms. The maximum Gasteiger partial charge on any atom is 0.123 e. The summed E-state index contributed by atoms with van der Waals surface area (Å²) in [6, 6.07) is 6.54. The summed E-state index contributed by atoms with van der Waals surface area (Å²) in [6.07, 6.45) is 10.2.